The Morgan fingerprint density at radius 3 is 1.46 bits per heavy atom. The van der Waals surface area contributed by atoms with E-state index in [1.807, 2.05) is 0 Å². The first-order valence-electron chi connectivity index (χ1n) is 14.5. The second-order valence-electron chi connectivity index (χ2n) is 10.7. The van der Waals surface area contributed by atoms with Crippen molar-refractivity contribution in [1.29, 1.82) is 0 Å². The molecule has 0 spiro atoms. The van der Waals surface area contributed by atoms with Gasteiger partial charge in [-0.05, 0) is 78.7 Å². The Hall–Kier alpha value is -5.86. The summed E-state index contributed by atoms with van der Waals surface area (Å²) >= 11 is 0. The molecule has 0 aliphatic carbocycles. The highest BCUT2D eigenvalue weighted by atomic mass is 19.4. The van der Waals surface area contributed by atoms with E-state index in [4.69, 9.17) is 9.47 Å². The minimum absolute atomic E-state index is 0.000957. The van der Waals surface area contributed by atoms with Crippen LogP contribution in [0.15, 0.2) is 84.9 Å². The lowest BCUT2D eigenvalue weighted by Gasteiger charge is -2.38. The van der Waals surface area contributed by atoms with Gasteiger partial charge in [0.15, 0.2) is 5.78 Å². The van der Waals surface area contributed by atoms with Crippen molar-refractivity contribution in [3.63, 3.8) is 0 Å². The first kappa shape index (κ1) is 37.0. The van der Waals surface area contributed by atoms with Crippen LogP contribution in [0.4, 0.5) is 37.7 Å². The molecule has 9 nitrogen and oxygen atoms in total. The number of hydrogen-bond acceptors (Lipinski definition) is 8. The van der Waals surface area contributed by atoms with Crippen LogP contribution in [-0.2, 0) is 14.9 Å². The average Bonchev–Trinajstić information content (AvgIpc) is 3.07. The smallest absolute Gasteiger partial charge is 0.411 e. The number of ketones is 1. The van der Waals surface area contributed by atoms with Gasteiger partial charge in [0, 0.05) is 24.0 Å². The van der Waals surface area contributed by atoms with E-state index in [0.29, 0.717) is 17.8 Å². The number of carbonyl (C=O) groups is 4. The van der Waals surface area contributed by atoms with E-state index < -0.39 is 52.5 Å². The van der Waals surface area contributed by atoms with Crippen molar-refractivity contribution < 1.29 is 59.7 Å². The van der Waals surface area contributed by atoms with Crippen molar-refractivity contribution in [2.75, 3.05) is 31.9 Å². The summed E-state index contributed by atoms with van der Waals surface area (Å²) in [4.78, 5) is 50.0. The van der Waals surface area contributed by atoms with E-state index in [-0.39, 0.29) is 39.4 Å². The van der Waals surface area contributed by atoms with Gasteiger partial charge in [0.25, 0.3) is 5.91 Å². The second-order valence-corrected chi connectivity index (χ2v) is 10.7. The summed E-state index contributed by atoms with van der Waals surface area (Å²) in [7, 11) is 3.65. The monoisotopic (exact) mass is 702 g/mol. The first-order chi connectivity index (χ1) is 23.5. The van der Waals surface area contributed by atoms with E-state index in [9.17, 15) is 45.5 Å². The Balaban J connectivity index is 1.66. The van der Waals surface area contributed by atoms with Crippen molar-refractivity contribution in [3.8, 4) is 11.5 Å². The van der Waals surface area contributed by atoms with Gasteiger partial charge in [-0.15, -0.1) is 0 Å². The van der Waals surface area contributed by atoms with Crippen LogP contribution >= 0.6 is 0 Å². The summed E-state index contributed by atoms with van der Waals surface area (Å²) in [6, 6.07) is 14.2. The van der Waals surface area contributed by atoms with Gasteiger partial charge in [0.05, 0.1) is 30.9 Å². The molecule has 0 radical (unpaired) electrons. The SMILES string of the molecule is CNc1ccc(C(c2ccc(NC(=O)c3ccc(Oc4ccc(C(=O)OC)c(C(C)=O)c4)cc3C(=O)OC)cc2)(C(F)(F)F)C(F)(F)F)cc1. The molecule has 50 heavy (non-hydrogen) atoms. The van der Waals surface area contributed by atoms with Crippen molar-refractivity contribution in [2.24, 2.45) is 0 Å². The zero-order valence-corrected chi connectivity index (χ0v) is 26.7. The number of rotatable bonds is 10. The van der Waals surface area contributed by atoms with Crippen molar-refractivity contribution in [3.05, 3.63) is 118 Å². The van der Waals surface area contributed by atoms with E-state index in [1.54, 1.807) is 0 Å². The Labute approximate surface area is 281 Å². The number of anilines is 2. The molecule has 0 saturated carbocycles. The molecule has 0 aliphatic rings. The van der Waals surface area contributed by atoms with E-state index in [0.717, 1.165) is 56.7 Å². The van der Waals surface area contributed by atoms with Gasteiger partial charge >= 0.3 is 24.3 Å². The van der Waals surface area contributed by atoms with Gasteiger partial charge in [-0.3, -0.25) is 9.59 Å². The standard InChI is InChI=1S/C35H28F6N2O7/c1-19(44)28-17-24(14-16-27(28)31(46)48-3)50-25-13-15-26(29(18-25)32(47)49-4)30(45)43-23-11-7-21(8-12-23)33(34(36,37)38,35(39,40)41)20-5-9-22(42-2)10-6-20/h5-18,42H,1-4H3,(H,43,45). The number of esters is 2. The lowest BCUT2D eigenvalue weighted by atomic mass is 9.73. The molecule has 4 aromatic rings. The molecular formula is C35H28F6N2O7. The fourth-order valence-electron chi connectivity index (χ4n) is 5.24. The van der Waals surface area contributed by atoms with Gasteiger partial charge in [-0.2, -0.15) is 26.3 Å². The maximum atomic E-state index is 14.5. The lowest BCUT2D eigenvalue weighted by molar-refractivity contribution is -0.288. The molecule has 0 heterocycles. The van der Waals surface area contributed by atoms with E-state index in [1.165, 1.54) is 44.3 Å². The van der Waals surface area contributed by atoms with Gasteiger partial charge in [0.2, 0.25) is 5.41 Å². The molecule has 0 atom stereocenters. The number of nitrogens with one attached hydrogen (secondary N) is 2. The Morgan fingerprint density at radius 2 is 1.02 bits per heavy atom. The van der Waals surface area contributed by atoms with Crippen LogP contribution in [0, 0.1) is 0 Å². The fourth-order valence-corrected chi connectivity index (χ4v) is 5.24. The number of benzene rings is 4. The molecule has 0 unspecified atom stereocenters. The molecule has 15 heteroatoms. The zero-order chi connectivity index (χ0) is 37.0. The van der Waals surface area contributed by atoms with Crippen molar-refractivity contribution >= 4 is 35.0 Å². The highest BCUT2D eigenvalue weighted by molar-refractivity contribution is 6.11. The maximum absolute atomic E-state index is 14.5. The summed E-state index contributed by atoms with van der Waals surface area (Å²) < 4.78 is 102. The third kappa shape index (κ3) is 7.11. The minimum atomic E-state index is -5.81. The topological polar surface area (TPSA) is 120 Å². The predicted octanol–water partition coefficient (Wildman–Crippen LogP) is 7.96. The van der Waals surface area contributed by atoms with Crippen LogP contribution in [-0.4, -0.2) is 57.2 Å². The minimum Gasteiger partial charge on any atom is -0.465 e. The van der Waals surface area contributed by atoms with Crippen LogP contribution in [0.1, 0.15) is 59.5 Å². The lowest BCUT2D eigenvalue weighted by Crippen LogP contribution is -2.54. The number of methoxy groups -OCH3 is 2. The van der Waals surface area contributed by atoms with Crippen LogP contribution in [0.2, 0.25) is 0 Å². The highest BCUT2D eigenvalue weighted by Crippen LogP contribution is 2.56. The van der Waals surface area contributed by atoms with Gasteiger partial charge in [0.1, 0.15) is 11.5 Å². The van der Waals surface area contributed by atoms with Crippen LogP contribution in [0.3, 0.4) is 0 Å². The number of alkyl halides is 6. The molecule has 0 aromatic heterocycles. The zero-order valence-electron chi connectivity index (χ0n) is 26.7. The Kier molecular flexibility index (Phi) is 10.6. The Bertz CT molecular complexity index is 1910. The summed E-state index contributed by atoms with van der Waals surface area (Å²) in [5.74, 6) is -3.05. The largest absolute Gasteiger partial charge is 0.465 e. The molecule has 0 saturated heterocycles. The molecule has 2 N–H and O–H groups in total. The molecule has 0 bridgehead atoms. The molecule has 0 fully saturated rings. The fraction of sp³-hybridized carbons (Fsp3) is 0.200. The highest BCUT2D eigenvalue weighted by Gasteiger charge is 2.72. The molecule has 1 amide bonds. The van der Waals surface area contributed by atoms with E-state index >= 15 is 0 Å². The normalized spacial score (nSPS) is 11.7. The summed E-state index contributed by atoms with van der Waals surface area (Å²) in [6.45, 7) is 1.23. The van der Waals surface area contributed by atoms with E-state index in [2.05, 4.69) is 15.4 Å². The van der Waals surface area contributed by atoms with Crippen molar-refractivity contribution in [2.45, 2.75) is 24.7 Å². The van der Waals surface area contributed by atoms with Crippen LogP contribution in [0.5, 0.6) is 11.5 Å². The predicted molar refractivity (Wildman–Crippen MR) is 169 cm³/mol. The number of halogens is 6. The summed E-state index contributed by atoms with van der Waals surface area (Å²) in [5.41, 5.74) is -7.07. The van der Waals surface area contributed by atoms with Crippen LogP contribution in [0.25, 0.3) is 0 Å². The number of ether oxygens (including phenoxy) is 3. The number of carbonyl (C=O) groups excluding carboxylic acids is 4. The van der Waals surface area contributed by atoms with Crippen molar-refractivity contribution in [1.82, 2.24) is 0 Å². The third-order valence-corrected chi connectivity index (χ3v) is 7.69. The van der Waals surface area contributed by atoms with Crippen LogP contribution < -0.4 is 15.4 Å². The van der Waals surface area contributed by atoms with Gasteiger partial charge < -0.3 is 24.8 Å². The molecule has 262 valence electrons. The summed E-state index contributed by atoms with van der Waals surface area (Å²) in [5, 5.41) is 5.00. The quantitative estimate of drug-likeness (QED) is 0.0971. The third-order valence-electron chi connectivity index (χ3n) is 7.69. The number of amides is 1. The summed E-state index contributed by atoms with van der Waals surface area (Å²) in [6.07, 6.45) is -11.6. The maximum Gasteiger partial charge on any atom is 0.411 e. The molecule has 4 rings (SSSR count). The molecule has 0 aliphatic heterocycles. The second kappa shape index (κ2) is 14.3. The van der Waals surface area contributed by atoms with Gasteiger partial charge in [-0.1, -0.05) is 24.3 Å². The number of hydrogen-bond donors (Lipinski definition) is 2. The Morgan fingerprint density at radius 1 is 0.580 bits per heavy atom. The molecule has 4 aromatic carbocycles. The molecular weight excluding hydrogens is 674 g/mol. The first-order valence-corrected chi connectivity index (χ1v) is 14.5. The average molecular weight is 703 g/mol. The van der Waals surface area contributed by atoms with Gasteiger partial charge in [-0.25, -0.2) is 9.59 Å². The number of Topliss-reactive ketones (excluding diaryl/α,β-unsaturated/α-hetero) is 1.